The Kier molecular flexibility index (Phi) is 10.6. The molecular weight excluding hydrogens is 161 g/mol. The van der Waals surface area contributed by atoms with E-state index in [0.717, 1.165) is 13.0 Å². The van der Waals surface area contributed by atoms with Crippen molar-refractivity contribution in [2.75, 3.05) is 46.7 Å². The number of hydrogen-bond donors (Lipinski definition) is 1. The summed E-state index contributed by atoms with van der Waals surface area (Å²) in [4.78, 5) is 0. The molecule has 12 heavy (non-hydrogen) atoms. The van der Waals surface area contributed by atoms with Crippen LogP contribution in [0.5, 0.6) is 0 Å². The van der Waals surface area contributed by atoms with Gasteiger partial charge in [0.1, 0.15) is 6.67 Å². The van der Waals surface area contributed by atoms with E-state index in [2.05, 4.69) is 5.32 Å². The van der Waals surface area contributed by atoms with Gasteiger partial charge < -0.3 is 14.8 Å². The molecule has 1 N–H and O–H groups in total. The Hall–Kier alpha value is -0.190. The van der Waals surface area contributed by atoms with Gasteiger partial charge in [-0.2, -0.15) is 0 Å². The fourth-order valence-electron chi connectivity index (χ4n) is 0.735. The Morgan fingerprint density at radius 2 is 2.00 bits per heavy atom. The second kappa shape index (κ2) is 10.8. The number of nitrogens with one attached hydrogen (secondary N) is 1. The quantitative estimate of drug-likeness (QED) is 0.526. The Balaban J connectivity index is 2.73. The predicted octanol–water partition coefficient (Wildman–Crippen LogP) is 0.599. The van der Waals surface area contributed by atoms with E-state index in [1.54, 1.807) is 7.11 Å². The minimum atomic E-state index is -0.301. The molecule has 0 aromatic heterocycles. The summed E-state index contributed by atoms with van der Waals surface area (Å²) in [5, 5.41) is 2.94. The maximum Gasteiger partial charge on any atom is 0.102 e. The average Bonchev–Trinajstić information content (AvgIpc) is 2.10. The number of rotatable bonds is 9. The predicted molar refractivity (Wildman–Crippen MR) is 46.2 cm³/mol. The highest BCUT2D eigenvalue weighted by atomic mass is 19.1. The average molecular weight is 179 g/mol. The van der Waals surface area contributed by atoms with Crippen molar-refractivity contribution in [1.82, 2.24) is 5.32 Å². The first kappa shape index (κ1) is 11.8. The molecule has 0 aromatic rings. The molecule has 0 fully saturated rings. The zero-order chi connectivity index (χ0) is 9.07. The molecule has 0 radical (unpaired) electrons. The van der Waals surface area contributed by atoms with Gasteiger partial charge in [0, 0.05) is 20.3 Å². The smallest absolute Gasteiger partial charge is 0.102 e. The maximum atomic E-state index is 11.6. The van der Waals surface area contributed by atoms with Gasteiger partial charge in [0.05, 0.1) is 13.2 Å². The van der Waals surface area contributed by atoms with Crippen LogP contribution in [-0.2, 0) is 9.47 Å². The molecule has 0 aliphatic carbocycles. The number of hydrogen-bond acceptors (Lipinski definition) is 3. The Morgan fingerprint density at radius 3 is 2.67 bits per heavy atom. The molecule has 0 bridgehead atoms. The van der Waals surface area contributed by atoms with Crippen LogP contribution in [0.3, 0.4) is 0 Å². The van der Waals surface area contributed by atoms with Crippen LogP contribution in [0.25, 0.3) is 0 Å². The largest absolute Gasteiger partial charge is 0.382 e. The fraction of sp³-hybridized carbons (Fsp3) is 1.00. The van der Waals surface area contributed by atoms with Crippen LogP contribution in [0.15, 0.2) is 0 Å². The van der Waals surface area contributed by atoms with E-state index < -0.39 is 0 Å². The van der Waals surface area contributed by atoms with Gasteiger partial charge in [0.2, 0.25) is 0 Å². The van der Waals surface area contributed by atoms with Crippen LogP contribution >= 0.6 is 0 Å². The van der Waals surface area contributed by atoms with Crippen LogP contribution < -0.4 is 5.32 Å². The van der Waals surface area contributed by atoms with Crippen molar-refractivity contribution in [3.8, 4) is 0 Å². The Bertz CT molecular complexity index is 73.5. The van der Waals surface area contributed by atoms with Crippen LogP contribution in [0.2, 0.25) is 0 Å². The van der Waals surface area contributed by atoms with Crippen molar-refractivity contribution in [2.24, 2.45) is 0 Å². The van der Waals surface area contributed by atoms with Gasteiger partial charge in [-0.25, -0.2) is 4.39 Å². The topological polar surface area (TPSA) is 30.5 Å². The molecule has 0 atom stereocenters. The number of methoxy groups -OCH3 is 1. The monoisotopic (exact) mass is 179 g/mol. The number of halogens is 1. The lowest BCUT2D eigenvalue weighted by molar-refractivity contribution is 0.0695. The normalized spacial score (nSPS) is 10.5. The van der Waals surface area contributed by atoms with Gasteiger partial charge in [-0.05, 0) is 13.0 Å². The lowest BCUT2D eigenvalue weighted by Gasteiger charge is -2.03. The molecule has 0 spiro atoms. The van der Waals surface area contributed by atoms with Gasteiger partial charge in [-0.1, -0.05) is 0 Å². The van der Waals surface area contributed by atoms with Crippen molar-refractivity contribution in [3.05, 3.63) is 0 Å². The molecule has 4 heteroatoms. The lowest BCUT2D eigenvalue weighted by atomic mass is 10.4. The van der Waals surface area contributed by atoms with Gasteiger partial charge in [0.15, 0.2) is 0 Å². The summed E-state index contributed by atoms with van der Waals surface area (Å²) in [6, 6.07) is 0. The molecule has 0 aliphatic heterocycles. The highest BCUT2D eigenvalue weighted by molar-refractivity contribution is 4.45. The fourth-order valence-corrected chi connectivity index (χ4v) is 0.735. The standard InChI is InChI=1S/C8H18FNO2/c1-11-7-8-12-6-2-4-10-5-3-9/h10H,2-8H2,1H3. The van der Waals surface area contributed by atoms with Crippen LogP contribution in [0.1, 0.15) is 6.42 Å². The van der Waals surface area contributed by atoms with E-state index in [4.69, 9.17) is 9.47 Å². The van der Waals surface area contributed by atoms with E-state index in [0.29, 0.717) is 26.4 Å². The summed E-state index contributed by atoms with van der Waals surface area (Å²) < 4.78 is 21.6. The molecule has 0 unspecified atom stereocenters. The Labute approximate surface area is 73.2 Å². The third-order valence-electron chi connectivity index (χ3n) is 1.35. The second-order valence-electron chi connectivity index (χ2n) is 2.40. The van der Waals surface area contributed by atoms with Crippen molar-refractivity contribution < 1.29 is 13.9 Å². The third kappa shape index (κ3) is 9.81. The van der Waals surface area contributed by atoms with Crippen molar-refractivity contribution in [3.63, 3.8) is 0 Å². The third-order valence-corrected chi connectivity index (χ3v) is 1.35. The van der Waals surface area contributed by atoms with E-state index in [1.165, 1.54) is 0 Å². The Morgan fingerprint density at radius 1 is 1.17 bits per heavy atom. The molecule has 74 valence electrons. The summed E-state index contributed by atoms with van der Waals surface area (Å²) >= 11 is 0. The molecule has 0 aromatic carbocycles. The lowest BCUT2D eigenvalue weighted by Crippen LogP contribution is -2.19. The number of alkyl halides is 1. The van der Waals surface area contributed by atoms with Crippen molar-refractivity contribution >= 4 is 0 Å². The zero-order valence-electron chi connectivity index (χ0n) is 7.64. The summed E-state index contributed by atoms with van der Waals surface area (Å²) in [5.74, 6) is 0. The van der Waals surface area contributed by atoms with Crippen LogP contribution in [0.4, 0.5) is 4.39 Å². The SMILES string of the molecule is COCCOCCCNCCF. The molecule has 3 nitrogen and oxygen atoms in total. The summed E-state index contributed by atoms with van der Waals surface area (Å²) in [7, 11) is 1.65. The molecule has 0 heterocycles. The van der Waals surface area contributed by atoms with Crippen LogP contribution in [-0.4, -0.2) is 46.7 Å². The molecule has 0 saturated heterocycles. The van der Waals surface area contributed by atoms with Crippen molar-refractivity contribution in [1.29, 1.82) is 0 Å². The second-order valence-corrected chi connectivity index (χ2v) is 2.40. The highest BCUT2D eigenvalue weighted by Gasteiger charge is 1.88. The first-order valence-corrected chi connectivity index (χ1v) is 4.25. The molecular formula is C8H18FNO2. The maximum absolute atomic E-state index is 11.6. The van der Waals surface area contributed by atoms with Gasteiger partial charge in [0.25, 0.3) is 0 Å². The molecule has 0 amide bonds. The summed E-state index contributed by atoms with van der Waals surface area (Å²) in [5.41, 5.74) is 0. The minimum Gasteiger partial charge on any atom is -0.382 e. The summed E-state index contributed by atoms with van der Waals surface area (Å²) in [6.07, 6.45) is 0.920. The van der Waals surface area contributed by atoms with Crippen LogP contribution in [0, 0.1) is 0 Å². The van der Waals surface area contributed by atoms with E-state index in [1.807, 2.05) is 0 Å². The zero-order valence-corrected chi connectivity index (χ0v) is 7.64. The van der Waals surface area contributed by atoms with E-state index >= 15 is 0 Å². The van der Waals surface area contributed by atoms with Crippen molar-refractivity contribution in [2.45, 2.75) is 6.42 Å². The first-order chi connectivity index (χ1) is 5.91. The van der Waals surface area contributed by atoms with E-state index in [-0.39, 0.29) is 6.67 Å². The first-order valence-electron chi connectivity index (χ1n) is 4.25. The highest BCUT2D eigenvalue weighted by Crippen LogP contribution is 1.81. The molecule has 0 rings (SSSR count). The minimum absolute atomic E-state index is 0.301. The van der Waals surface area contributed by atoms with Gasteiger partial charge >= 0.3 is 0 Å². The van der Waals surface area contributed by atoms with Gasteiger partial charge in [-0.15, -0.1) is 0 Å². The van der Waals surface area contributed by atoms with E-state index in [9.17, 15) is 4.39 Å². The summed E-state index contributed by atoms with van der Waals surface area (Å²) in [6.45, 7) is 2.94. The van der Waals surface area contributed by atoms with Gasteiger partial charge in [-0.3, -0.25) is 0 Å². The molecule has 0 aliphatic rings. The molecule has 0 saturated carbocycles. The number of ether oxygens (including phenoxy) is 2.